The maximum absolute atomic E-state index is 13.7. The highest BCUT2D eigenvalue weighted by Crippen LogP contribution is 2.81. The summed E-state index contributed by atoms with van der Waals surface area (Å²) in [6, 6.07) is 7.61. The Labute approximate surface area is 267 Å². The lowest BCUT2D eigenvalue weighted by Crippen LogP contribution is -2.85. The maximum atomic E-state index is 13.7. The molecule has 1 heterocycles. The first-order valence-corrected chi connectivity index (χ1v) is 15.9. The molecule has 46 heavy (non-hydrogen) atoms. The van der Waals surface area contributed by atoms with Crippen LogP contribution in [0.3, 0.4) is 0 Å². The summed E-state index contributed by atoms with van der Waals surface area (Å²) in [5.41, 5.74) is -8.16. The molecule has 1 aromatic carbocycles. The van der Waals surface area contributed by atoms with Crippen LogP contribution in [0, 0.1) is 28.6 Å². The number of esters is 2. The number of aliphatic hydroxyl groups is 4. The number of piperidine rings is 1. The third-order valence-corrected chi connectivity index (χ3v) is 12.9. The zero-order valence-electron chi connectivity index (χ0n) is 27.0. The molecule has 6 aliphatic rings. The van der Waals surface area contributed by atoms with Gasteiger partial charge in [-0.2, -0.15) is 0 Å². The van der Waals surface area contributed by atoms with Gasteiger partial charge in [0, 0.05) is 83.5 Å². The Morgan fingerprint density at radius 3 is 2.26 bits per heavy atom. The van der Waals surface area contributed by atoms with Crippen molar-refractivity contribution >= 4 is 11.9 Å². The summed E-state index contributed by atoms with van der Waals surface area (Å²) in [5.74, 6) is -4.35. The van der Waals surface area contributed by atoms with Gasteiger partial charge >= 0.3 is 11.9 Å². The molecule has 1 aromatic rings. The van der Waals surface area contributed by atoms with Gasteiger partial charge in [-0.3, -0.25) is 4.79 Å². The summed E-state index contributed by atoms with van der Waals surface area (Å²) in [7, 11) is 7.77. The van der Waals surface area contributed by atoms with Crippen LogP contribution in [-0.2, 0) is 33.2 Å². The first-order valence-electron chi connectivity index (χ1n) is 15.9. The van der Waals surface area contributed by atoms with E-state index in [0.717, 1.165) is 0 Å². The van der Waals surface area contributed by atoms with Gasteiger partial charge in [-0.15, -0.1) is 0 Å². The van der Waals surface area contributed by atoms with E-state index in [-0.39, 0.29) is 18.6 Å². The summed E-state index contributed by atoms with van der Waals surface area (Å²) in [5, 5.41) is 50.8. The average molecular weight is 648 g/mol. The van der Waals surface area contributed by atoms with Gasteiger partial charge in [-0.1, -0.05) is 18.2 Å². The van der Waals surface area contributed by atoms with Crippen LogP contribution >= 0.6 is 0 Å². The molecule has 1 spiro atoms. The van der Waals surface area contributed by atoms with Crippen molar-refractivity contribution in [2.45, 2.75) is 79.2 Å². The summed E-state index contributed by atoms with van der Waals surface area (Å²) >= 11 is 0. The minimum absolute atomic E-state index is 0.113. The van der Waals surface area contributed by atoms with E-state index in [1.807, 2.05) is 11.9 Å². The number of likely N-dealkylation sites (tertiary alicyclic amines) is 1. The largest absolute Gasteiger partial charge is 0.455 e. The van der Waals surface area contributed by atoms with Crippen LogP contribution < -0.4 is 0 Å². The van der Waals surface area contributed by atoms with Crippen molar-refractivity contribution in [1.82, 2.24) is 4.90 Å². The second kappa shape index (κ2) is 10.4. The van der Waals surface area contributed by atoms with Crippen LogP contribution in [0.25, 0.3) is 0 Å². The molecule has 1 aliphatic heterocycles. The van der Waals surface area contributed by atoms with Gasteiger partial charge in [0.1, 0.15) is 23.9 Å². The molecular formula is C33H45NO12. The van der Waals surface area contributed by atoms with Gasteiger partial charge in [0.2, 0.25) is 0 Å². The van der Waals surface area contributed by atoms with Gasteiger partial charge in [0.25, 0.3) is 0 Å². The van der Waals surface area contributed by atoms with E-state index < -0.39 is 106 Å². The third kappa shape index (κ3) is 3.41. The highest BCUT2D eigenvalue weighted by Gasteiger charge is 2.96. The lowest BCUT2D eigenvalue weighted by atomic mass is 9.40. The Morgan fingerprint density at radius 2 is 1.67 bits per heavy atom. The van der Waals surface area contributed by atoms with E-state index in [4.69, 9.17) is 28.4 Å². The molecule has 5 saturated carbocycles. The Bertz CT molecular complexity index is 1400. The molecule has 6 fully saturated rings. The molecule has 5 aliphatic carbocycles. The molecule has 7 bridgehead atoms. The van der Waals surface area contributed by atoms with E-state index in [2.05, 4.69) is 0 Å². The SMILES string of the molecule is COC[C@]12CN(C)C3C4[C@H](OC)[C@H]1C3([C@@H](OC)C[C@H]2O)[C@@]1(O)C[C@]2(O)[C@H](OC(=O)c3ccccc3)[C@@H]1[C@]4(OC(C)=O)[C@@H](O)[C@@H]2OC. The number of methoxy groups -OCH3 is 4. The Kier molecular flexibility index (Phi) is 7.31. The van der Waals surface area contributed by atoms with Crippen molar-refractivity contribution in [2.24, 2.45) is 28.6 Å². The van der Waals surface area contributed by atoms with E-state index in [9.17, 15) is 30.0 Å². The van der Waals surface area contributed by atoms with Crippen molar-refractivity contribution in [3.05, 3.63) is 35.9 Å². The summed E-state index contributed by atoms with van der Waals surface area (Å²) < 4.78 is 36.7. The fraction of sp³-hybridized carbons (Fsp3) is 0.758. The average Bonchev–Trinajstić information content (AvgIpc) is 3.38. The molecule has 3 unspecified atom stereocenters. The van der Waals surface area contributed by atoms with Crippen molar-refractivity contribution in [3.8, 4) is 0 Å². The number of carbonyl (C=O) groups is 2. The summed E-state index contributed by atoms with van der Waals surface area (Å²) in [6.45, 7) is 1.68. The molecule has 0 amide bonds. The lowest BCUT2D eigenvalue weighted by Gasteiger charge is -2.72. The number of nitrogens with zero attached hydrogens (tertiary/aromatic N) is 1. The van der Waals surface area contributed by atoms with E-state index in [1.165, 1.54) is 28.3 Å². The first-order chi connectivity index (χ1) is 21.8. The number of hydrogen-bond acceptors (Lipinski definition) is 13. The second-order valence-electron chi connectivity index (χ2n) is 14.4. The first kappa shape index (κ1) is 32.4. The number of rotatable bonds is 8. The number of carbonyl (C=O) groups excluding carboxylic acids is 2. The number of aliphatic hydroxyl groups excluding tert-OH is 2. The van der Waals surface area contributed by atoms with Crippen LogP contribution in [-0.4, -0.2) is 145 Å². The number of benzene rings is 1. The van der Waals surface area contributed by atoms with Crippen molar-refractivity contribution < 1.29 is 58.4 Å². The minimum atomic E-state index is -2.12. The molecule has 254 valence electrons. The second-order valence-corrected chi connectivity index (χ2v) is 14.4. The van der Waals surface area contributed by atoms with Crippen LogP contribution in [0.15, 0.2) is 30.3 Å². The molecule has 4 N–H and O–H groups in total. The fourth-order valence-electron chi connectivity index (χ4n) is 12.2. The number of fused-ring (bicyclic) bond motifs is 2. The molecule has 1 saturated heterocycles. The maximum Gasteiger partial charge on any atom is 0.338 e. The molecule has 13 nitrogen and oxygen atoms in total. The van der Waals surface area contributed by atoms with Gasteiger partial charge < -0.3 is 53.7 Å². The zero-order chi connectivity index (χ0) is 33.2. The van der Waals surface area contributed by atoms with Crippen molar-refractivity contribution in [2.75, 3.05) is 48.6 Å². The highest BCUT2D eigenvalue weighted by atomic mass is 16.6. The Morgan fingerprint density at radius 1 is 0.978 bits per heavy atom. The lowest BCUT2D eigenvalue weighted by molar-refractivity contribution is -0.353. The standard InChI is InChI=1S/C33H45NO12/c1-16(35)46-33-20-21(43-5)22-29(15-41-3)14-34(2)24(20)32(22,19(42-4)12-18(29)36)31(40)13-30(39,27(44-6)25(33)37)26(23(31)33)45-28(38)17-10-8-7-9-11-17/h7-11,18-27,36-37,39-40H,12-15H2,1-6H3/t18-,19+,20?,21+,22-,23+,24?,25+,26-,27+,29+,30+,31-,32?,33+/m1/s1. The predicted octanol–water partition coefficient (Wildman–Crippen LogP) is -0.627. The van der Waals surface area contributed by atoms with E-state index >= 15 is 0 Å². The number of ether oxygens (including phenoxy) is 6. The minimum Gasteiger partial charge on any atom is -0.455 e. The monoisotopic (exact) mass is 647 g/mol. The number of hydrogen-bond donors (Lipinski definition) is 4. The van der Waals surface area contributed by atoms with E-state index in [1.54, 1.807) is 37.4 Å². The molecule has 13 heteroatoms. The third-order valence-electron chi connectivity index (χ3n) is 12.9. The molecule has 15 atom stereocenters. The smallest absolute Gasteiger partial charge is 0.338 e. The zero-order valence-corrected chi connectivity index (χ0v) is 27.0. The molecule has 7 rings (SSSR count). The van der Waals surface area contributed by atoms with Gasteiger partial charge in [-0.25, -0.2) is 4.79 Å². The van der Waals surface area contributed by atoms with Crippen molar-refractivity contribution in [1.29, 1.82) is 0 Å². The van der Waals surface area contributed by atoms with Gasteiger partial charge in [0.05, 0.1) is 42.0 Å². The van der Waals surface area contributed by atoms with Crippen molar-refractivity contribution in [3.63, 3.8) is 0 Å². The van der Waals surface area contributed by atoms with Crippen LogP contribution in [0.5, 0.6) is 0 Å². The predicted molar refractivity (Wildman–Crippen MR) is 157 cm³/mol. The van der Waals surface area contributed by atoms with Crippen LogP contribution in [0.2, 0.25) is 0 Å². The van der Waals surface area contributed by atoms with Gasteiger partial charge in [0.15, 0.2) is 5.60 Å². The van der Waals surface area contributed by atoms with Crippen LogP contribution in [0.4, 0.5) is 0 Å². The topological polar surface area (TPSA) is 174 Å². The molecule has 0 aromatic heterocycles. The summed E-state index contributed by atoms with van der Waals surface area (Å²) in [4.78, 5) is 28.9. The Hall–Kier alpha value is -2.20. The fourth-order valence-corrected chi connectivity index (χ4v) is 12.2. The van der Waals surface area contributed by atoms with Crippen LogP contribution in [0.1, 0.15) is 30.1 Å². The quantitative estimate of drug-likeness (QED) is 0.263. The highest BCUT2D eigenvalue weighted by molar-refractivity contribution is 5.89. The summed E-state index contributed by atoms with van der Waals surface area (Å²) in [6.07, 6.45) is -7.39. The molecular weight excluding hydrogens is 602 g/mol. The van der Waals surface area contributed by atoms with Gasteiger partial charge in [-0.05, 0) is 19.2 Å². The van der Waals surface area contributed by atoms with E-state index in [0.29, 0.717) is 6.54 Å². The normalized spacial score (nSPS) is 51.5. The molecule has 0 radical (unpaired) electrons. The Balaban J connectivity index is 1.56.